The number of hydrogen-bond donors (Lipinski definition) is 5. The molecule has 2 aromatic rings. The summed E-state index contributed by atoms with van der Waals surface area (Å²) in [5, 5.41) is 35.0. The number of anilines is 1. The Balaban J connectivity index is 1.92. The molecule has 5 atom stereocenters. The van der Waals surface area contributed by atoms with Gasteiger partial charge in [-0.15, -0.1) is 0 Å². The van der Waals surface area contributed by atoms with Crippen molar-refractivity contribution < 1.29 is 24.9 Å². The Morgan fingerprint density at radius 1 is 1.36 bits per heavy atom. The number of ether oxygens (including phenoxy) is 1. The monoisotopic (exact) mass is 352 g/mol. The Morgan fingerprint density at radius 2 is 2.16 bits per heavy atom. The first-order chi connectivity index (χ1) is 12.1. The zero-order valence-electron chi connectivity index (χ0n) is 13.5. The summed E-state index contributed by atoms with van der Waals surface area (Å²) in [4.78, 5) is 23.2. The number of rotatable bonds is 7. The average Bonchev–Trinajstić information content (AvgIpc) is 3.17. The van der Waals surface area contributed by atoms with Gasteiger partial charge in [0.05, 0.1) is 19.1 Å². The Bertz CT molecular complexity index is 740. The van der Waals surface area contributed by atoms with Gasteiger partial charge in [-0.25, -0.2) is 15.0 Å². The third-order valence-corrected chi connectivity index (χ3v) is 4.14. The van der Waals surface area contributed by atoms with Crippen molar-refractivity contribution in [1.29, 1.82) is 0 Å². The molecule has 11 nitrogen and oxygen atoms in total. The predicted octanol–water partition coefficient (Wildman–Crippen LogP) is -1.67. The van der Waals surface area contributed by atoms with Crippen LogP contribution in [0.1, 0.15) is 19.6 Å². The van der Waals surface area contributed by atoms with Crippen LogP contribution in [0.2, 0.25) is 0 Å². The third-order valence-electron chi connectivity index (χ3n) is 4.14. The second kappa shape index (κ2) is 7.27. The number of hydrogen-bond acceptors (Lipinski definition) is 9. The first-order valence-electron chi connectivity index (χ1n) is 7.86. The van der Waals surface area contributed by atoms with E-state index in [9.17, 15) is 20.1 Å². The van der Waals surface area contributed by atoms with Crippen LogP contribution in [0.25, 0.3) is 11.2 Å². The zero-order chi connectivity index (χ0) is 18.0. The van der Waals surface area contributed by atoms with Crippen LogP contribution in [0.15, 0.2) is 12.7 Å². The van der Waals surface area contributed by atoms with Gasteiger partial charge >= 0.3 is 0 Å². The fourth-order valence-electron chi connectivity index (χ4n) is 2.76. The molecular formula is C14H20N6O5. The van der Waals surface area contributed by atoms with E-state index in [1.807, 2.05) is 6.92 Å². The largest absolute Gasteiger partial charge is 0.394 e. The van der Waals surface area contributed by atoms with Crippen molar-refractivity contribution in [3.05, 3.63) is 12.7 Å². The molecule has 2 aromatic heterocycles. The number of nitrogens with zero attached hydrogens (tertiary/aromatic N) is 4. The highest BCUT2D eigenvalue weighted by Gasteiger charge is 2.44. The van der Waals surface area contributed by atoms with E-state index in [1.54, 1.807) is 0 Å². The van der Waals surface area contributed by atoms with Gasteiger partial charge in [0.1, 0.15) is 24.6 Å². The van der Waals surface area contributed by atoms with Crippen LogP contribution >= 0.6 is 0 Å². The molecule has 1 fully saturated rings. The van der Waals surface area contributed by atoms with Gasteiger partial charge in [-0.2, -0.15) is 0 Å². The molecule has 1 aliphatic heterocycles. The predicted molar refractivity (Wildman–Crippen MR) is 85.2 cm³/mol. The smallest absolute Gasteiger partial charge is 0.208 e. The van der Waals surface area contributed by atoms with E-state index in [0.29, 0.717) is 29.8 Å². The molecule has 136 valence electrons. The van der Waals surface area contributed by atoms with Crippen molar-refractivity contribution in [2.24, 2.45) is 0 Å². The lowest BCUT2D eigenvalue weighted by Crippen LogP contribution is -2.35. The van der Waals surface area contributed by atoms with Crippen LogP contribution in [-0.4, -0.2) is 72.3 Å². The van der Waals surface area contributed by atoms with Crippen LogP contribution in [0.4, 0.5) is 5.82 Å². The van der Waals surface area contributed by atoms with Crippen molar-refractivity contribution in [2.45, 2.75) is 44.1 Å². The molecule has 0 saturated carbocycles. The number of amides is 1. The summed E-state index contributed by atoms with van der Waals surface area (Å²) in [5.41, 5.74) is 0.805. The minimum absolute atomic E-state index is 0.324. The van der Waals surface area contributed by atoms with Gasteiger partial charge in [0.15, 0.2) is 23.2 Å². The van der Waals surface area contributed by atoms with Gasteiger partial charge in [-0.05, 0) is 6.42 Å². The van der Waals surface area contributed by atoms with Crippen molar-refractivity contribution in [3.8, 4) is 0 Å². The van der Waals surface area contributed by atoms with Crippen molar-refractivity contribution in [2.75, 3.05) is 11.9 Å². The summed E-state index contributed by atoms with van der Waals surface area (Å²) in [6.45, 7) is 1.48. The van der Waals surface area contributed by atoms with Crippen LogP contribution in [0.3, 0.4) is 0 Å². The van der Waals surface area contributed by atoms with Crippen molar-refractivity contribution >= 4 is 23.4 Å². The Kier molecular flexibility index (Phi) is 5.08. The molecule has 25 heavy (non-hydrogen) atoms. The lowest BCUT2D eigenvalue weighted by atomic mass is 10.1. The topological polar surface area (TPSA) is 155 Å². The van der Waals surface area contributed by atoms with E-state index in [4.69, 9.17) is 4.74 Å². The van der Waals surface area contributed by atoms with E-state index in [-0.39, 0.29) is 6.17 Å². The number of carbonyl (C=O) groups is 1. The molecular weight excluding hydrogens is 332 g/mol. The van der Waals surface area contributed by atoms with Crippen LogP contribution < -0.4 is 10.6 Å². The van der Waals surface area contributed by atoms with Gasteiger partial charge < -0.3 is 30.7 Å². The molecule has 0 bridgehead atoms. The average molecular weight is 352 g/mol. The molecule has 0 spiro atoms. The number of aliphatic hydroxyl groups is 3. The Labute approximate surface area is 142 Å². The Hall–Kier alpha value is -2.34. The Morgan fingerprint density at radius 3 is 2.80 bits per heavy atom. The standard InChI is InChI=1S/C14H20N6O5/c1-2-8(18-6-22)19-12-9-13(16-4-15-12)20(5-17-9)14-11(24)10(23)7(3-21)25-14/h4-8,10-11,14,21,23-24H,2-3H2,1H3,(H,18,22)(H,15,16,19)/t7-,8?,10-,11-,14-/m1/s1. The molecule has 0 aliphatic carbocycles. The van der Waals surface area contributed by atoms with Gasteiger partial charge in [-0.1, -0.05) is 6.92 Å². The summed E-state index contributed by atoms with van der Waals surface area (Å²) in [7, 11) is 0. The summed E-state index contributed by atoms with van der Waals surface area (Å²) < 4.78 is 6.97. The van der Waals surface area contributed by atoms with Gasteiger partial charge in [0.25, 0.3) is 0 Å². The first kappa shape index (κ1) is 17.5. The highest BCUT2D eigenvalue weighted by molar-refractivity contribution is 5.82. The molecule has 1 aliphatic rings. The second-order valence-electron chi connectivity index (χ2n) is 5.66. The number of aliphatic hydroxyl groups excluding tert-OH is 3. The highest BCUT2D eigenvalue weighted by Crippen LogP contribution is 2.32. The molecule has 3 rings (SSSR count). The molecule has 1 unspecified atom stereocenters. The lowest BCUT2D eigenvalue weighted by molar-refractivity contribution is -0.110. The maximum absolute atomic E-state index is 10.6. The summed E-state index contributed by atoms with van der Waals surface area (Å²) >= 11 is 0. The van der Waals surface area contributed by atoms with Crippen LogP contribution in [0, 0.1) is 0 Å². The molecule has 11 heteroatoms. The summed E-state index contributed by atoms with van der Waals surface area (Å²) in [6, 6.07) is 0. The molecule has 1 amide bonds. The third kappa shape index (κ3) is 3.14. The number of aromatic nitrogens is 4. The normalized spacial score (nSPS) is 27.4. The SMILES string of the molecule is CCC(NC=O)Nc1ncnc2c1ncn2[C@@H]1O[C@H](CO)[C@@H](O)[C@H]1O. The zero-order valence-corrected chi connectivity index (χ0v) is 13.5. The van der Waals surface area contributed by atoms with Crippen molar-refractivity contribution in [1.82, 2.24) is 24.8 Å². The fraction of sp³-hybridized carbons (Fsp3) is 0.571. The second-order valence-corrected chi connectivity index (χ2v) is 5.66. The minimum Gasteiger partial charge on any atom is -0.394 e. The summed E-state index contributed by atoms with van der Waals surface area (Å²) in [6.07, 6.45) is -0.648. The van der Waals surface area contributed by atoms with E-state index in [1.165, 1.54) is 17.2 Å². The van der Waals surface area contributed by atoms with Gasteiger partial charge in [0, 0.05) is 0 Å². The molecule has 0 radical (unpaired) electrons. The maximum atomic E-state index is 10.6. The highest BCUT2D eigenvalue weighted by atomic mass is 16.6. The van der Waals surface area contributed by atoms with E-state index < -0.39 is 31.1 Å². The number of fused-ring (bicyclic) bond motifs is 1. The quantitative estimate of drug-likeness (QED) is 0.290. The lowest BCUT2D eigenvalue weighted by Gasteiger charge is -2.18. The minimum atomic E-state index is -1.24. The van der Waals surface area contributed by atoms with Crippen LogP contribution in [-0.2, 0) is 9.53 Å². The number of carbonyl (C=O) groups excluding carboxylic acids is 1. The number of imidazole rings is 1. The van der Waals surface area contributed by atoms with E-state index >= 15 is 0 Å². The summed E-state index contributed by atoms with van der Waals surface area (Å²) in [5.74, 6) is 0.414. The molecule has 1 saturated heterocycles. The first-order valence-corrected chi connectivity index (χ1v) is 7.86. The molecule has 5 N–H and O–H groups in total. The van der Waals surface area contributed by atoms with E-state index in [2.05, 4.69) is 25.6 Å². The van der Waals surface area contributed by atoms with Gasteiger partial charge in [0.2, 0.25) is 6.41 Å². The molecule has 3 heterocycles. The molecule has 0 aromatic carbocycles. The fourth-order valence-corrected chi connectivity index (χ4v) is 2.76. The van der Waals surface area contributed by atoms with Gasteiger partial charge in [-0.3, -0.25) is 9.36 Å². The maximum Gasteiger partial charge on any atom is 0.208 e. The van der Waals surface area contributed by atoms with Crippen molar-refractivity contribution in [3.63, 3.8) is 0 Å². The van der Waals surface area contributed by atoms with Crippen LogP contribution in [0.5, 0.6) is 0 Å². The number of nitrogens with one attached hydrogen (secondary N) is 2. The van der Waals surface area contributed by atoms with E-state index in [0.717, 1.165) is 0 Å².